The molecule has 0 amide bonds. The Morgan fingerprint density at radius 1 is 1.30 bits per heavy atom. The molecule has 1 aromatic carbocycles. The van der Waals surface area contributed by atoms with Crippen LogP contribution in [0.15, 0.2) is 22.6 Å². The van der Waals surface area contributed by atoms with Crippen LogP contribution in [0.25, 0.3) is 0 Å². The minimum absolute atomic E-state index is 0.0291. The maximum Gasteiger partial charge on any atom is 0.573 e. The summed E-state index contributed by atoms with van der Waals surface area (Å²) in [6.07, 6.45) is -3.80. The number of halogens is 4. The van der Waals surface area contributed by atoms with Gasteiger partial charge in [0.15, 0.2) is 0 Å². The van der Waals surface area contributed by atoms with Crippen LogP contribution < -0.4 is 4.74 Å². The molecule has 0 aliphatic carbocycles. The molecule has 0 aromatic heterocycles. The lowest BCUT2D eigenvalue weighted by atomic mass is 10.2. The van der Waals surface area contributed by atoms with Gasteiger partial charge < -0.3 is 9.29 Å². The summed E-state index contributed by atoms with van der Waals surface area (Å²) in [6, 6.07) is 3.83. The third kappa shape index (κ3) is 5.22. The molecule has 0 bridgehead atoms. The average Bonchev–Trinajstić information content (AvgIpc) is 2.24. The zero-order valence-electron chi connectivity index (χ0n) is 11.0. The third-order valence-corrected chi connectivity index (χ3v) is 3.71. The molecular formula is C12H13ClF3NO2S. The molecule has 0 radical (unpaired) electrons. The van der Waals surface area contributed by atoms with E-state index in [1.165, 1.54) is 12.1 Å². The highest BCUT2D eigenvalue weighted by Crippen LogP contribution is 2.30. The van der Waals surface area contributed by atoms with Crippen molar-refractivity contribution in [2.75, 3.05) is 0 Å². The number of alkyl halides is 3. The second kappa shape index (κ2) is 6.24. The van der Waals surface area contributed by atoms with Gasteiger partial charge in [-0.05, 0) is 32.9 Å². The molecule has 0 aliphatic rings. The first-order valence-electron chi connectivity index (χ1n) is 5.51. The number of benzene rings is 1. The van der Waals surface area contributed by atoms with E-state index in [4.69, 9.17) is 11.6 Å². The average molecular weight is 328 g/mol. The normalized spacial score (nSPS) is 14.6. The first-order chi connectivity index (χ1) is 9.00. The van der Waals surface area contributed by atoms with Crippen LogP contribution in [-0.4, -0.2) is 21.9 Å². The maximum absolute atomic E-state index is 12.3. The van der Waals surface area contributed by atoms with Crippen molar-refractivity contribution in [1.82, 2.24) is 0 Å². The Morgan fingerprint density at radius 2 is 1.90 bits per heavy atom. The smallest absolute Gasteiger partial charge is 0.573 e. The summed E-state index contributed by atoms with van der Waals surface area (Å²) >= 11 is 4.21. The van der Waals surface area contributed by atoms with Crippen LogP contribution in [0.1, 0.15) is 26.3 Å². The Hall–Kier alpha value is -0.920. The van der Waals surface area contributed by atoms with Gasteiger partial charge in [0.05, 0.1) is 16.8 Å². The van der Waals surface area contributed by atoms with E-state index in [-0.39, 0.29) is 10.6 Å². The van der Waals surface area contributed by atoms with Gasteiger partial charge in [-0.3, -0.25) is 0 Å². The lowest BCUT2D eigenvalue weighted by Gasteiger charge is -2.18. The summed E-state index contributed by atoms with van der Waals surface area (Å²) in [6.45, 7) is 5.08. The van der Waals surface area contributed by atoms with Crippen molar-refractivity contribution in [2.45, 2.75) is 31.9 Å². The van der Waals surface area contributed by atoms with E-state index in [2.05, 4.69) is 9.13 Å². The Labute approximate surface area is 123 Å². The van der Waals surface area contributed by atoms with Crippen molar-refractivity contribution in [3.63, 3.8) is 0 Å². The molecule has 1 aromatic rings. The van der Waals surface area contributed by atoms with Gasteiger partial charge in [-0.1, -0.05) is 22.1 Å². The SMILES string of the molecule is CC(C)(C)[S+]([O-])/N=C/c1c(Cl)cccc1OC(F)(F)F. The molecule has 0 heterocycles. The molecule has 0 N–H and O–H groups in total. The Kier molecular flexibility index (Phi) is 5.34. The van der Waals surface area contributed by atoms with Gasteiger partial charge in [-0.25, -0.2) is 0 Å². The van der Waals surface area contributed by atoms with Gasteiger partial charge in [-0.2, -0.15) is 0 Å². The van der Waals surface area contributed by atoms with Gasteiger partial charge in [0.2, 0.25) is 0 Å². The fraction of sp³-hybridized carbons (Fsp3) is 0.417. The van der Waals surface area contributed by atoms with Crippen molar-refractivity contribution < 1.29 is 22.5 Å². The molecule has 112 valence electrons. The molecule has 1 atom stereocenters. The number of hydrogen-bond acceptors (Lipinski definition) is 3. The highest BCUT2D eigenvalue weighted by molar-refractivity contribution is 7.91. The molecule has 0 saturated heterocycles. The molecule has 1 rings (SSSR count). The van der Waals surface area contributed by atoms with Crippen LogP contribution in [0.4, 0.5) is 13.2 Å². The lowest BCUT2D eigenvalue weighted by molar-refractivity contribution is -0.274. The zero-order chi connectivity index (χ0) is 15.6. The van der Waals surface area contributed by atoms with Crippen molar-refractivity contribution >= 4 is 29.2 Å². The third-order valence-electron chi connectivity index (χ3n) is 2.04. The Bertz CT molecular complexity index is 500. The van der Waals surface area contributed by atoms with Gasteiger partial charge in [0.1, 0.15) is 21.9 Å². The van der Waals surface area contributed by atoms with Crippen LogP contribution in [0.3, 0.4) is 0 Å². The topological polar surface area (TPSA) is 44.7 Å². The molecule has 8 heteroatoms. The van der Waals surface area contributed by atoms with E-state index in [0.717, 1.165) is 12.3 Å². The van der Waals surface area contributed by atoms with Crippen LogP contribution in [0.5, 0.6) is 5.75 Å². The quantitative estimate of drug-likeness (QED) is 0.619. The molecule has 0 saturated carbocycles. The molecule has 3 nitrogen and oxygen atoms in total. The lowest BCUT2D eigenvalue weighted by Crippen LogP contribution is -2.26. The summed E-state index contributed by atoms with van der Waals surface area (Å²) in [5.41, 5.74) is -0.0657. The number of hydrogen-bond donors (Lipinski definition) is 0. The molecule has 0 fully saturated rings. The Balaban J connectivity index is 3.08. The minimum atomic E-state index is -4.84. The first-order valence-corrected chi connectivity index (χ1v) is 6.99. The summed E-state index contributed by atoms with van der Waals surface area (Å²) in [4.78, 5) is 0. The van der Waals surface area contributed by atoms with Gasteiger partial charge in [0, 0.05) is 0 Å². The zero-order valence-corrected chi connectivity index (χ0v) is 12.6. The van der Waals surface area contributed by atoms with Crippen molar-refractivity contribution in [3.8, 4) is 5.75 Å². The minimum Gasteiger partial charge on any atom is -0.591 e. The summed E-state index contributed by atoms with van der Waals surface area (Å²) in [7, 11) is 0. The van der Waals surface area contributed by atoms with E-state index in [1.54, 1.807) is 20.8 Å². The van der Waals surface area contributed by atoms with E-state index in [1.807, 2.05) is 0 Å². The molecule has 1 unspecified atom stereocenters. The Morgan fingerprint density at radius 3 is 2.40 bits per heavy atom. The molecule has 20 heavy (non-hydrogen) atoms. The van der Waals surface area contributed by atoms with Gasteiger partial charge in [-0.15, -0.1) is 13.2 Å². The summed E-state index contributed by atoms with van der Waals surface area (Å²) in [5, 5.41) is 0.0291. The number of nitrogens with zero attached hydrogens (tertiary/aromatic N) is 1. The van der Waals surface area contributed by atoms with Gasteiger partial charge in [0.25, 0.3) is 0 Å². The predicted octanol–water partition coefficient (Wildman–Crippen LogP) is 4.12. The maximum atomic E-state index is 12.3. The fourth-order valence-corrected chi connectivity index (χ4v) is 1.85. The van der Waals surface area contributed by atoms with Crippen LogP contribution in [0, 0.1) is 0 Å². The molecular weight excluding hydrogens is 315 g/mol. The summed E-state index contributed by atoms with van der Waals surface area (Å²) in [5.74, 6) is -0.486. The van der Waals surface area contributed by atoms with Crippen molar-refractivity contribution in [1.29, 1.82) is 0 Å². The monoisotopic (exact) mass is 327 g/mol. The second-order valence-corrected chi connectivity index (χ2v) is 7.14. The van der Waals surface area contributed by atoms with Gasteiger partial charge >= 0.3 is 6.36 Å². The van der Waals surface area contributed by atoms with E-state index in [0.29, 0.717) is 0 Å². The molecule has 0 spiro atoms. The standard InChI is InChI=1S/C12H13ClF3NO2S/c1-11(2,3)20(18)17-7-8-9(13)5-4-6-10(8)19-12(14,15)16/h4-7H,1-3H3/b17-7+. The van der Waals surface area contributed by atoms with Crippen LogP contribution in [-0.2, 0) is 11.4 Å². The largest absolute Gasteiger partial charge is 0.591 e. The van der Waals surface area contributed by atoms with E-state index >= 15 is 0 Å². The van der Waals surface area contributed by atoms with E-state index in [9.17, 15) is 17.7 Å². The highest BCUT2D eigenvalue weighted by Gasteiger charge is 2.32. The van der Waals surface area contributed by atoms with Crippen LogP contribution >= 0.6 is 11.6 Å². The first kappa shape index (κ1) is 17.1. The highest BCUT2D eigenvalue weighted by atomic mass is 35.5. The number of rotatable bonds is 3. The predicted molar refractivity (Wildman–Crippen MR) is 73.6 cm³/mol. The fourth-order valence-electron chi connectivity index (χ4n) is 1.11. The molecule has 0 aliphatic heterocycles. The van der Waals surface area contributed by atoms with Crippen molar-refractivity contribution in [2.24, 2.45) is 4.40 Å². The summed E-state index contributed by atoms with van der Waals surface area (Å²) < 4.78 is 55.5. The van der Waals surface area contributed by atoms with E-state index < -0.39 is 28.2 Å². The van der Waals surface area contributed by atoms with Crippen LogP contribution in [0.2, 0.25) is 5.02 Å². The second-order valence-electron chi connectivity index (χ2n) is 4.80. The number of ether oxygens (including phenoxy) is 1. The van der Waals surface area contributed by atoms with Crippen molar-refractivity contribution in [3.05, 3.63) is 28.8 Å².